The van der Waals surface area contributed by atoms with Crippen molar-refractivity contribution in [2.75, 3.05) is 0 Å². The Balaban J connectivity index is 3.20. The average Bonchev–Trinajstić information content (AvgIpc) is 1.85. The summed E-state index contributed by atoms with van der Waals surface area (Å²) >= 11 is 10.6. The predicted octanol–water partition coefficient (Wildman–Crippen LogP) is 1.69. The standard InChI is InChI=1S/C4HCl2N3O2/c5-3-2(9(10)11)1-7-4(6)8-3/h1H/i4+2. The van der Waals surface area contributed by atoms with E-state index in [1.165, 1.54) is 0 Å². The van der Waals surface area contributed by atoms with E-state index < -0.39 is 4.92 Å². The molecule has 0 unspecified atom stereocenters. The van der Waals surface area contributed by atoms with Gasteiger partial charge in [0.05, 0.1) is 4.92 Å². The van der Waals surface area contributed by atoms with Crippen molar-refractivity contribution in [3.63, 3.8) is 0 Å². The van der Waals surface area contributed by atoms with E-state index in [9.17, 15) is 10.1 Å². The third-order valence-electron chi connectivity index (χ3n) is 0.892. The van der Waals surface area contributed by atoms with Crippen molar-refractivity contribution in [3.05, 3.63) is 26.7 Å². The SMILES string of the molecule is O=[N+]([O-])c1cn[14c](Cl)nc1Cl. The molecule has 7 heteroatoms. The summed E-state index contributed by atoms with van der Waals surface area (Å²) in [6, 6.07) is 0. The van der Waals surface area contributed by atoms with Gasteiger partial charge in [-0.2, -0.15) is 4.98 Å². The fourth-order valence-electron chi connectivity index (χ4n) is 0.457. The van der Waals surface area contributed by atoms with E-state index in [1.54, 1.807) is 0 Å². The second kappa shape index (κ2) is 2.98. The first-order valence-corrected chi connectivity index (χ1v) is 3.19. The number of nitro groups is 1. The van der Waals surface area contributed by atoms with Crippen LogP contribution in [0.4, 0.5) is 5.69 Å². The zero-order valence-electron chi connectivity index (χ0n) is 4.99. The van der Waals surface area contributed by atoms with E-state index in [0.29, 0.717) is 0 Å². The number of aromatic nitrogens is 2. The van der Waals surface area contributed by atoms with Crippen LogP contribution in [0.2, 0.25) is 10.4 Å². The molecular weight excluding hydrogens is 195 g/mol. The van der Waals surface area contributed by atoms with Crippen LogP contribution in [-0.2, 0) is 0 Å². The molecule has 0 spiro atoms. The van der Waals surface area contributed by atoms with Gasteiger partial charge < -0.3 is 0 Å². The molecule has 1 rings (SSSR count). The minimum absolute atomic E-state index is 0.111. The maximum absolute atomic E-state index is 10.1. The Morgan fingerprint density at radius 1 is 1.73 bits per heavy atom. The lowest BCUT2D eigenvalue weighted by Gasteiger charge is -1.91. The highest BCUT2D eigenvalue weighted by atomic mass is 35.5. The first kappa shape index (κ1) is 8.16. The quantitative estimate of drug-likeness (QED) is 0.296. The van der Waals surface area contributed by atoms with Gasteiger partial charge >= 0.3 is 5.69 Å². The van der Waals surface area contributed by atoms with Crippen molar-refractivity contribution < 1.29 is 4.92 Å². The fraction of sp³-hybridized carbons (Fsp3) is 0. The molecule has 0 aliphatic heterocycles. The van der Waals surface area contributed by atoms with E-state index in [0.717, 1.165) is 6.20 Å². The highest BCUT2D eigenvalue weighted by Crippen LogP contribution is 2.20. The van der Waals surface area contributed by atoms with Crippen molar-refractivity contribution in [1.29, 1.82) is 0 Å². The van der Waals surface area contributed by atoms with E-state index in [1.807, 2.05) is 0 Å². The van der Waals surface area contributed by atoms with E-state index >= 15 is 0 Å². The van der Waals surface area contributed by atoms with Crippen LogP contribution in [0.25, 0.3) is 0 Å². The summed E-state index contributed by atoms with van der Waals surface area (Å²) in [5.74, 6) is 0. The molecule has 0 atom stereocenters. The molecule has 0 aliphatic rings. The van der Waals surface area contributed by atoms with E-state index in [2.05, 4.69) is 9.97 Å². The van der Waals surface area contributed by atoms with Gasteiger partial charge in [0.2, 0.25) is 10.4 Å². The molecule has 11 heavy (non-hydrogen) atoms. The third kappa shape index (κ3) is 1.75. The smallest absolute Gasteiger partial charge is 0.258 e. The number of hydrogen-bond donors (Lipinski definition) is 0. The average molecular weight is 196 g/mol. The van der Waals surface area contributed by atoms with Crippen molar-refractivity contribution in [1.82, 2.24) is 9.97 Å². The van der Waals surface area contributed by atoms with Crippen molar-refractivity contribution in [2.24, 2.45) is 0 Å². The third-order valence-corrected chi connectivity index (χ3v) is 1.35. The van der Waals surface area contributed by atoms with Crippen LogP contribution in [0.15, 0.2) is 6.20 Å². The summed E-state index contributed by atoms with van der Waals surface area (Å²) in [4.78, 5) is 16.2. The lowest BCUT2D eigenvalue weighted by molar-refractivity contribution is -0.385. The monoisotopic (exact) mass is 195 g/mol. The van der Waals surface area contributed by atoms with Crippen molar-refractivity contribution in [3.8, 4) is 0 Å². The normalized spacial score (nSPS) is 9.64. The van der Waals surface area contributed by atoms with Crippen LogP contribution in [-0.4, -0.2) is 14.9 Å². The molecule has 58 valence electrons. The van der Waals surface area contributed by atoms with Crippen LogP contribution in [0.1, 0.15) is 0 Å². The van der Waals surface area contributed by atoms with Crippen LogP contribution >= 0.6 is 23.2 Å². The predicted molar refractivity (Wildman–Crippen MR) is 38.7 cm³/mol. The Hall–Kier alpha value is -0.940. The number of rotatable bonds is 1. The van der Waals surface area contributed by atoms with Gasteiger partial charge in [0.25, 0.3) is 0 Å². The second-order valence-electron chi connectivity index (χ2n) is 1.57. The lowest BCUT2D eigenvalue weighted by atomic mass is 10.6. The Morgan fingerprint density at radius 2 is 2.36 bits per heavy atom. The zero-order chi connectivity index (χ0) is 8.43. The van der Waals surface area contributed by atoms with Gasteiger partial charge in [-0.3, -0.25) is 10.1 Å². The van der Waals surface area contributed by atoms with E-state index in [-0.39, 0.29) is 16.1 Å². The molecule has 0 amide bonds. The molecule has 0 fully saturated rings. The summed E-state index contributed by atoms with van der Waals surface area (Å²) in [5, 5.41) is 9.77. The summed E-state index contributed by atoms with van der Waals surface area (Å²) in [7, 11) is 0. The summed E-state index contributed by atoms with van der Waals surface area (Å²) in [6.07, 6.45) is 0.956. The molecule has 1 aromatic heterocycles. The maximum Gasteiger partial charge on any atom is 0.324 e. The molecule has 0 bridgehead atoms. The van der Waals surface area contributed by atoms with Gasteiger partial charge in [0.1, 0.15) is 6.20 Å². The van der Waals surface area contributed by atoms with Crippen LogP contribution in [0.5, 0.6) is 0 Å². The van der Waals surface area contributed by atoms with Crippen molar-refractivity contribution in [2.45, 2.75) is 0 Å². The summed E-state index contributed by atoms with van der Waals surface area (Å²) < 4.78 is 0. The van der Waals surface area contributed by atoms with Crippen LogP contribution in [0, 0.1) is 10.1 Å². The Morgan fingerprint density at radius 3 is 2.82 bits per heavy atom. The number of nitrogens with zero attached hydrogens (tertiary/aromatic N) is 3. The molecular formula is C4HCl2N3O2. The highest BCUT2D eigenvalue weighted by molar-refractivity contribution is 6.33. The zero-order valence-corrected chi connectivity index (χ0v) is 6.50. The van der Waals surface area contributed by atoms with Gasteiger partial charge in [-0.05, 0) is 11.6 Å². The Labute approximate surface area is 71.1 Å². The minimum atomic E-state index is -0.682. The largest absolute Gasteiger partial charge is 0.324 e. The topological polar surface area (TPSA) is 68.9 Å². The van der Waals surface area contributed by atoms with Crippen molar-refractivity contribution >= 4 is 28.9 Å². The fourth-order valence-corrected chi connectivity index (χ4v) is 0.832. The molecule has 0 aliphatic carbocycles. The van der Waals surface area contributed by atoms with Gasteiger partial charge in [0.15, 0.2) is 0 Å². The van der Waals surface area contributed by atoms with Gasteiger partial charge in [-0.25, -0.2) is 4.98 Å². The molecule has 0 N–H and O–H groups in total. The molecule has 1 heterocycles. The molecule has 0 radical (unpaired) electrons. The van der Waals surface area contributed by atoms with Gasteiger partial charge in [-0.15, -0.1) is 0 Å². The second-order valence-corrected chi connectivity index (χ2v) is 2.27. The molecule has 5 nitrogen and oxygen atoms in total. The molecule has 1 aromatic rings. The van der Waals surface area contributed by atoms with Gasteiger partial charge in [-0.1, -0.05) is 11.6 Å². The Kier molecular flexibility index (Phi) is 2.21. The van der Waals surface area contributed by atoms with E-state index in [4.69, 9.17) is 23.2 Å². The lowest BCUT2D eigenvalue weighted by Crippen LogP contribution is -1.92. The Bertz CT molecular complexity index is 303. The molecule has 0 aromatic carbocycles. The number of hydrogen-bond acceptors (Lipinski definition) is 4. The first-order valence-electron chi connectivity index (χ1n) is 2.43. The number of halogens is 2. The summed E-state index contributed by atoms with van der Waals surface area (Å²) in [6.45, 7) is 0. The van der Waals surface area contributed by atoms with Crippen LogP contribution < -0.4 is 0 Å². The maximum atomic E-state index is 10.1. The van der Waals surface area contributed by atoms with Gasteiger partial charge in [0, 0.05) is 0 Å². The highest BCUT2D eigenvalue weighted by Gasteiger charge is 2.13. The minimum Gasteiger partial charge on any atom is -0.258 e. The molecule has 0 saturated heterocycles. The molecule has 0 saturated carbocycles. The summed E-state index contributed by atoms with van der Waals surface area (Å²) in [5.41, 5.74) is -0.351. The van der Waals surface area contributed by atoms with Crippen LogP contribution in [0.3, 0.4) is 0 Å². The first-order chi connectivity index (χ1) is 5.11.